The van der Waals surface area contributed by atoms with Gasteiger partial charge in [0, 0.05) is 29.3 Å². The number of hydroxylamine groups is 2. The van der Waals surface area contributed by atoms with Gasteiger partial charge in [0.1, 0.15) is 17.3 Å². The Kier molecular flexibility index (Phi) is 11.5. The molecule has 0 saturated carbocycles. The summed E-state index contributed by atoms with van der Waals surface area (Å²) in [5.41, 5.74) is 4.25. The number of carbonyl (C=O) groups excluding carboxylic acids is 1. The third-order valence-electron chi connectivity index (χ3n) is 7.49. The first-order valence-electron chi connectivity index (χ1n) is 14.9. The lowest BCUT2D eigenvalue weighted by Crippen LogP contribution is -2.32. The van der Waals surface area contributed by atoms with Gasteiger partial charge >= 0.3 is 5.97 Å². The Morgan fingerprint density at radius 2 is 1.54 bits per heavy atom. The van der Waals surface area contributed by atoms with Crippen molar-refractivity contribution in [2.75, 3.05) is 14.2 Å². The van der Waals surface area contributed by atoms with Gasteiger partial charge in [-0.2, -0.15) is 0 Å². The fourth-order valence-electron chi connectivity index (χ4n) is 5.39. The van der Waals surface area contributed by atoms with E-state index in [1.807, 2.05) is 60.9 Å². The van der Waals surface area contributed by atoms with Gasteiger partial charge in [-0.1, -0.05) is 60.7 Å². The number of amides is 1. The average molecular weight is 631 g/mol. The van der Waals surface area contributed by atoms with E-state index in [0.717, 1.165) is 11.1 Å². The minimum Gasteiger partial charge on any atom is -0.497 e. The largest absolute Gasteiger partial charge is 0.497 e. The second kappa shape index (κ2) is 15.5. The Labute approximate surface area is 267 Å². The molecule has 3 aromatic carbocycles. The molecule has 2 atom stereocenters. The minimum absolute atomic E-state index is 0.133. The third-order valence-corrected chi connectivity index (χ3v) is 7.49. The Morgan fingerprint density at radius 1 is 0.913 bits per heavy atom. The second-order valence-corrected chi connectivity index (χ2v) is 11.1. The number of aliphatic carboxylic acids is 1. The molecule has 0 spiro atoms. The van der Waals surface area contributed by atoms with Crippen molar-refractivity contribution in [3.05, 3.63) is 108 Å². The molecule has 2 unspecified atom stereocenters. The van der Waals surface area contributed by atoms with Crippen LogP contribution in [0.3, 0.4) is 0 Å². The van der Waals surface area contributed by atoms with Gasteiger partial charge in [0.25, 0.3) is 5.91 Å². The van der Waals surface area contributed by atoms with E-state index in [2.05, 4.69) is 0 Å². The molecular weight excluding hydrogens is 591 g/mol. The number of ether oxygens (including phenoxy) is 1. The molecular formula is C36H39FN2O7. The number of aliphatic hydroxyl groups is 2. The molecule has 3 N–H and O–H groups in total. The number of benzene rings is 3. The van der Waals surface area contributed by atoms with E-state index in [-0.39, 0.29) is 19.0 Å². The Morgan fingerprint density at radius 3 is 2.11 bits per heavy atom. The number of halogens is 1. The molecule has 4 rings (SSSR count). The van der Waals surface area contributed by atoms with E-state index >= 15 is 0 Å². The second-order valence-electron chi connectivity index (χ2n) is 11.1. The van der Waals surface area contributed by atoms with Crippen LogP contribution in [0.25, 0.3) is 28.3 Å². The molecule has 0 aliphatic rings. The van der Waals surface area contributed by atoms with E-state index in [1.54, 1.807) is 37.5 Å². The van der Waals surface area contributed by atoms with Crippen molar-refractivity contribution >= 4 is 18.0 Å². The van der Waals surface area contributed by atoms with E-state index in [1.165, 1.54) is 30.4 Å². The lowest BCUT2D eigenvalue weighted by Gasteiger charge is -2.23. The maximum Gasteiger partial charge on any atom is 0.305 e. The standard InChI is InChI=1S/C36H39FN2O7/c1-23(2)39-31(19-16-28(40)20-29(41)21-32(42)43)33(26-12-14-27(37)15-13-26)34(25-8-6-5-7-9-25)35(39)36(44)38(46-4)22-24-10-17-30(45-3)18-11-24/h5-19,23,28-29,40-41H,20-22H2,1-4H3,(H,42,43). The van der Waals surface area contributed by atoms with Crippen molar-refractivity contribution in [2.45, 2.75) is 51.5 Å². The lowest BCUT2D eigenvalue weighted by molar-refractivity contribution is -0.139. The first kappa shape index (κ1) is 34.1. The summed E-state index contributed by atoms with van der Waals surface area (Å²) in [7, 11) is 3.00. The van der Waals surface area contributed by atoms with Gasteiger partial charge in [0.05, 0.1) is 39.4 Å². The van der Waals surface area contributed by atoms with Crippen LogP contribution in [0.15, 0.2) is 84.9 Å². The predicted molar refractivity (Wildman–Crippen MR) is 173 cm³/mol. The molecule has 0 fully saturated rings. The molecule has 0 radical (unpaired) electrons. The molecule has 1 amide bonds. The number of carboxylic acids is 1. The number of hydrogen-bond donors (Lipinski definition) is 3. The summed E-state index contributed by atoms with van der Waals surface area (Å²) in [6, 6.07) is 22.3. The molecule has 0 aliphatic carbocycles. The highest BCUT2D eigenvalue weighted by molar-refractivity contribution is 6.06. The molecule has 9 nitrogen and oxygen atoms in total. The minimum atomic E-state index is -1.25. The maximum atomic E-state index is 14.6. The highest BCUT2D eigenvalue weighted by Gasteiger charge is 2.32. The summed E-state index contributed by atoms with van der Waals surface area (Å²) in [4.78, 5) is 31.3. The van der Waals surface area contributed by atoms with Crippen molar-refractivity contribution in [2.24, 2.45) is 0 Å². The first-order chi connectivity index (χ1) is 22.0. The highest BCUT2D eigenvalue weighted by atomic mass is 19.1. The van der Waals surface area contributed by atoms with Gasteiger partial charge in [-0.05, 0) is 60.9 Å². The zero-order valence-electron chi connectivity index (χ0n) is 26.3. The van der Waals surface area contributed by atoms with Crippen molar-refractivity contribution in [3.8, 4) is 28.0 Å². The smallest absolute Gasteiger partial charge is 0.305 e. The SMILES string of the molecule is COc1ccc(CN(OC)C(=O)c2c(-c3ccccc3)c(-c3ccc(F)cc3)c(C=CC(O)CC(O)CC(=O)O)n2C(C)C)cc1. The summed E-state index contributed by atoms with van der Waals surface area (Å²) in [5, 5.41) is 31.1. The number of aromatic nitrogens is 1. The molecule has 4 aromatic rings. The zero-order valence-corrected chi connectivity index (χ0v) is 26.3. The molecule has 0 aliphatic heterocycles. The van der Waals surface area contributed by atoms with Crippen LogP contribution in [-0.4, -0.2) is 63.3 Å². The van der Waals surface area contributed by atoms with Gasteiger partial charge in [-0.25, -0.2) is 9.45 Å². The van der Waals surface area contributed by atoms with Crippen LogP contribution in [0.1, 0.15) is 54.5 Å². The number of hydrogen-bond acceptors (Lipinski definition) is 6. The quantitative estimate of drug-likeness (QED) is 0.139. The van der Waals surface area contributed by atoms with E-state index < -0.39 is 36.3 Å². The highest BCUT2D eigenvalue weighted by Crippen LogP contribution is 2.43. The maximum absolute atomic E-state index is 14.6. The van der Waals surface area contributed by atoms with E-state index in [0.29, 0.717) is 33.8 Å². The van der Waals surface area contributed by atoms with Crippen molar-refractivity contribution in [1.29, 1.82) is 0 Å². The Hall–Kier alpha value is -4.77. The number of carbonyl (C=O) groups is 2. The predicted octanol–water partition coefficient (Wildman–Crippen LogP) is 6.35. The van der Waals surface area contributed by atoms with Crippen molar-refractivity contribution < 1.29 is 38.9 Å². The van der Waals surface area contributed by atoms with Crippen LogP contribution >= 0.6 is 0 Å². The first-order valence-corrected chi connectivity index (χ1v) is 14.9. The van der Waals surface area contributed by atoms with Crippen LogP contribution in [0.2, 0.25) is 0 Å². The molecule has 1 heterocycles. The lowest BCUT2D eigenvalue weighted by atomic mass is 9.94. The fourth-order valence-corrected chi connectivity index (χ4v) is 5.39. The normalized spacial score (nSPS) is 12.8. The Balaban J connectivity index is 1.95. The summed E-state index contributed by atoms with van der Waals surface area (Å²) in [6.45, 7) is 3.98. The van der Waals surface area contributed by atoms with Crippen LogP contribution in [0.5, 0.6) is 5.75 Å². The van der Waals surface area contributed by atoms with E-state index in [9.17, 15) is 24.2 Å². The molecule has 1 aromatic heterocycles. The van der Waals surface area contributed by atoms with Crippen molar-refractivity contribution in [3.63, 3.8) is 0 Å². The molecule has 0 bridgehead atoms. The van der Waals surface area contributed by atoms with Crippen LogP contribution < -0.4 is 4.74 Å². The average Bonchev–Trinajstić information content (AvgIpc) is 3.38. The molecule has 10 heteroatoms. The van der Waals surface area contributed by atoms with Gasteiger partial charge in [-0.3, -0.25) is 14.4 Å². The number of rotatable bonds is 14. The topological polar surface area (TPSA) is 121 Å². The van der Waals surface area contributed by atoms with Gasteiger partial charge < -0.3 is 24.6 Å². The number of carboxylic acid groups (broad SMARTS) is 1. The van der Waals surface area contributed by atoms with Gasteiger partial charge in [0.2, 0.25) is 0 Å². The van der Waals surface area contributed by atoms with Crippen LogP contribution in [0.4, 0.5) is 4.39 Å². The van der Waals surface area contributed by atoms with Gasteiger partial charge in [0.15, 0.2) is 0 Å². The van der Waals surface area contributed by atoms with Crippen LogP contribution in [-0.2, 0) is 16.2 Å². The van der Waals surface area contributed by atoms with Gasteiger partial charge in [-0.15, -0.1) is 0 Å². The monoisotopic (exact) mass is 630 g/mol. The molecule has 0 saturated heterocycles. The number of aliphatic hydroxyl groups excluding tert-OH is 2. The van der Waals surface area contributed by atoms with Crippen molar-refractivity contribution in [1.82, 2.24) is 9.63 Å². The number of methoxy groups -OCH3 is 1. The van der Waals surface area contributed by atoms with Crippen LogP contribution in [0, 0.1) is 5.82 Å². The summed E-state index contributed by atoms with van der Waals surface area (Å²) in [5.74, 6) is -1.35. The van der Waals surface area contributed by atoms with E-state index in [4.69, 9.17) is 14.7 Å². The summed E-state index contributed by atoms with van der Waals surface area (Å²) < 4.78 is 21.2. The Bertz CT molecular complexity index is 1650. The zero-order chi connectivity index (χ0) is 33.4. The number of nitrogens with zero attached hydrogens (tertiary/aromatic N) is 2. The molecule has 242 valence electrons. The summed E-state index contributed by atoms with van der Waals surface area (Å²) in [6.07, 6.45) is -0.0344. The fraction of sp³-hybridized carbons (Fsp3) is 0.278. The summed E-state index contributed by atoms with van der Waals surface area (Å²) >= 11 is 0. The third kappa shape index (κ3) is 8.08. The molecule has 46 heavy (non-hydrogen) atoms.